The van der Waals surface area contributed by atoms with Gasteiger partial charge in [0.2, 0.25) is 5.91 Å². The minimum atomic E-state index is -0.223. The molecule has 0 radical (unpaired) electrons. The fourth-order valence-electron chi connectivity index (χ4n) is 2.75. The van der Waals surface area contributed by atoms with Crippen LogP contribution in [0.5, 0.6) is 0 Å². The fourth-order valence-corrected chi connectivity index (χ4v) is 3.48. The number of nitrogens with one attached hydrogen (secondary N) is 2. The summed E-state index contributed by atoms with van der Waals surface area (Å²) in [5.74, 6) is 0.391. The number of amides is 1. The average molecular weight is 370 g/mol. The van der Waals surface area contributed by atoms with Gasteiger partial charge in [-0.25, -0.2) is 9.37 Å². The Labute approximate surface area is 151 Å². The van der Waals surface area contributed by atoms with E-state index in [0.29, 0.717) is 23.0 Å². The lowest BCUT2D eigenvalue weighted by molar-refractivity contribution is -0.116. The quantitative estimate of drug-likeness (QED) is 0.837. The monoisotopic (exact) mass is 369 g/mol. The summed E-state index contributed by atoms with van der Waals surface area (Å²) in [6.07, 6.45) is 2.59. The highest BCUT2D eigenvalue weighted by Crippen LogP contribution is 2.26. The molecule has 4 nitrogen and oxygen atoms in total. The van der Waals surface area contributed by atoms with Gasteiger partial charge in [0.25, 0.3) is 0 Å². The molecule has 2 heterocycles. The number of nitrogens with zero attached hydrogens (tertiary/aromatic N) is 1. The molecule has 24 heavy (non-hydrogen) atoms. The van der Waals surface area contributed by atoms with Crippen LogP contribution in [0.4, 0.5) is 9.52 Å². The van der Waals surface area contributed by atoms with Crippen LogP contribution in [0.15, 0.2) is 23.6 Å². The summed E-state index contributed by atoms with van der Waals surface area (Å²) < 4.78 is 13.3. The summed E-state index contributed by atoms with van der Waals surface area (Å²) in [5, 5.41) is 8.64. The van der Waals surface area contributed by atoms with E-state index in [4.69, 9.17) is 0 Å². The molecule has 0 aliphatic carbocycles. The second-order valence-corrected chi connectivity index (χ2v) is 6.81. The third-order valence-electron chi connectivity index (χ3n) is 4.15. The summed E-state index contributed by atoms with van der Waals surface area (Å²) in [5.41, 5.74) is 2.21. The summed E-state index contributed by atoms with van der Waals surface area (Å²) in [4.78, 5) is 16.4. The molecule has 2 N–H and O–H groups in total. The number of hydrogen-bond donors (Lipinski definition) is 2. The molecule has 1 fully saturated rings. The van der Waals surface area contributed by atoms with Gasteiger partial charge in [-0.2, -0.15) is 0 Å². The maximum absolute atomic E-state index is 13.3. The molecule has 3 rings (SSSR count). The van der Waals surface area contributed by atoms with Gasteiger partial charge in [-0.3, -0.25) is 4.79 Å². The van der Waals surface area contributed by atoms with E-state index in [2.05, 4.69) is 15.6 Å². The first-order valence-electron chi connectivity index (χ1n) is 7.84. The van der Waals surface area contributed by atoms with Crippen LogP contribution >= 0.6 is 23.7 Å². The largest absolute Gasteiger partial charge is 0.316 e. The number of hydrogen-bond acceptors (Lipinski definition) is 4. The lowest BCUT2D eigenvalue weighted by Crippen LogP contribution is -2.14. The van der Waals surface area contributed by atoms with E-state index >= 15 is 0 Å². The predicted octanol–water partition coefficient (Wildman–Crippen LogP) is 4.01. The normalized spacial score (nSPS) is 16.7. The molecule has 130 valence electrons. The third kappa shape index (κ3) is 4.75. The van der Waals surface area contributed by atoms with Crippen molar-refractivity contribution in [3.63, 3.8) is 0 Å². The maximum atomic E-state index is 13.3. The molecule has 1 aromatic heterocycles. The molecule has 0 saturated carbocycles. The van der Waals surface area contributed by atoms with E-state index in [0.717, 1.165) is 37.2 Å². The lowest BCUT2D eigenvalue weighted by atomic mass is 10.0. The number of aryl methyl sites for hydroxylation is 1. The van der Waals surface area contributed by atoms with Crippen molar-refractivity contribution in [1.29, 1.82) is 0 Å². The zero-order valence-electron chi connectivity index (χ0n) is 13.5. The van der Waals surface area contributed by atoms with Crippen molar-refractivity contribution in [3.05, 3.63) is 35.0 Å². The molecule has 1 aliphatic rings. The Kier molecular flexibility index (Phi) is 6.71. The highest BCUT2D eigenvalue weighted by atomic mass is 35.5. The van der Waals surface area contributed by atoms with Crippen molar-refractivity contribution < 1.29 is 9.18 Å². The first-order valence-corrected chi connectivity index (χ1v) is 8.72. The first kappa shape index (κ1) is 18.8. The van der Waals surface area contributed by atoms with Gasteiger partial charge in [0, 0.05) is 17.4 Å². The molecule has 0 spiro atoms. The molecule has 1 aromatic carbocycles. The molecule has 1 saturated heterocycles. The Balaban J connectivity index is 0.00000208. The summed E-state index contributed by atoms with van der Waals surface area (Å²) in [7, 11) is 0. The molecule has 1 unspecified atom stereocenters. The van der Waals surface area contributed by atoms with Crippen LogP contribution in [0.2, 0.25) is 0 Å². The summed E-state index contributed by atoms with van der Waals surface area (Å²) in [6, 6.07) is 4.91. The van der Waals surface area contributed by atoms with Crippen LogP contribution in [-0.2, 0) is 4.79 Å². The van der Waals surface area contributed by atoms with E-state index in [9.17, 15) is 9.18 Å². The van der Waals surface area contributed by atoms with Gasteiger partial charge in [0.15, 0.2) is 5.13 Å². The number of aromatic nitrogens is 1. The zero-order chi connectivity index (χ0) is 16.2. The average Bonchev–Trinajstić information content (AvgIpc) is 3.19. The van der Waals surface area contributed by atoms with E-state index in [1.54, 1.807) is 19.1 Å². The van der Waals surface area contributed by atoms with Crippen molar-refractivity contribution in [2.24, 2.45) is 5.92 Å². The van der Waals surface area contributed by atoms with Crippen LogP contribution in [-0.4, -0.2) is 24.0 Å². The minimum Gasteiger partial charge on any atom is -0.316 e. The van der Waals surface area contributed by atoms with E-state index in [-0.39, 0.29) is 24.1 Å². The number of halogens is 2. The van der Waals surface area contributed by atoms with Crippen molar-refractivity contribution in [2.75, 3.05) is 18.4 Å². The molecule has 7 heteroatoms. The molecule has 2 aromatic rings. The Bertz CT molecular complexity index is 701. The zero-order valence-corrected chi connectivity index (χ0v) is 15.1. The lowest BCUT2D eigenvalue weighted by Gasteiger charge is -2.07. The second kappa shape index (κ2) is 8.55. The maximum Gasteiger partial charge on any atom is 0.226 e. The fraction of sp³-hybridized carbons (Fsp3) is 0.412. The van der Waals surface area contributed by atoms with E-state index in [1.165, 1.54) is 17.4 Å². The van der Waals surface area contributed by atoms with Crippen molar-refractivity contribution in [3.8, 4) is 11.3 Å². The minimum absolute atomic E-state index is 0. The van der Waals surface area contributed by atoms with Crippen molar-refractivity contribution in [2.45, 2.75) is 26.2 Å². The Morgan fingerprint density at radius 2 is 2.33 bits per heavy atom. The summed E-state index contributed by atoms with van der Waals surface area (Å²) >= 11 is 1.39. The van der Waals surface area contributed by atoms with Gasteiger partial charge < -0.3 is 10.6 Å². The van der Waals surface area contributed by atoms with Crippen LogP contribution < -0.4 is 10.6 Å². The first-order chi connectivity index (χ1) is 11.1. The molecule has 1 atom stereocenters. The topological polar surface area (TPSA) is 54.0 Å². The van der Waals surface area contributed by atoms with Gasteiger partial charge in [0.05, 0.1) is 5.69 Å². The number of thiazole rings is 1. The number of carbonyl (C=O) groups excluding carboxylic acids is 1. The molecule has 1 aliphatic heterocycles. The summed E-state index contributed by atoms with van der Waals surface area (Å²) in [6.45, 7) is 3.80. The van der Waals surface area contributed by atoms with Crippen molar-refractivity contribution >= 4 is 34.8 Å². The molecular formula is C17H21ClFN3OS. The molecular weight excluding hydrogens is 349 g/mol. The highest BCUT2D eigenvalue weighted by Gasteiger charge is 2.16. The number of rotatable bonds is 5. The van der Waals surface area contributed by atoms with Gasteiger partial charge in [-0.1, -0.05) is 0 Å². The second-order valence-electron chi connectivity index (χ2n) is 5.95. The van der Waals surface area contributed by atoms with Gasteiger partial charge in [0.1, 0.15) is 5.82 Å². The van der Waals surface area contributed by atoms with Gasteiger partial charge >= 0.3 is 0 Å². The van der Waals surface area contributed by atoms with Crippen LogP contribution in [0.1, 0.15) is 24.8 Å². The SMILES string of the molecule is Cc1cc(-c2csc(NC(=O)CCC3CCNC3)n2)ccc1F.Cl. The van der Waals surface area contributed by atoms with Gasteiger partial charge in [-0.15, -0.1) is 23.7 Å². The third-order valence-corrected chi connectivity index (χ3v) is 4.90. The highest BCUT2D eigenvalue weighted by molar-refractivity contribution is 7.14. The molecule has 1 amide bonds. The Hall–Kier alpha value is -1.50. The van der Waals surface area contributed by atoms with Gasteiger partial charge in [-0.05, 0) is 62.5 Å². The Morgan fingerprint density at radius 3 is 3.04 bits per heavy atom. The van der Waals surface area contributed by atoms with Crippen molar-refractivity contribution in [1.82, 2.24) is 10.3 Å². The van der Waals surface area contributed by atoms with E-state index in [1.807, 2.05) is 5.38 Å². The van der Waals surface area contributed by atoms with Crippen LogP contribution in [0, 0.1) is 18.7 Å². The standard InChI is InChI=1S/C17H20FN3OS.ClH/c1-11-8-13(3-4-14(11)18)15-10-23-17(20-15)21-16(22)5-2-12-6-7-19-9-12;/h3-4,8,10,12,19H,2,5-7,9H2,1H3,(H,20,21,22);1H. The Morgan fingerprint density at radius 1 is 1.50 bits per heavy atom. The number of anilines is 1. The smallest absolute Gasteiger partial charge is 0.226 e. The van der Waals surface area contributed by atoms with Crippen LogP contribution in [0.3, 0.4) is 0 Å². The predicted molar refractivity (Wildman–Crippen MR) is 98.3 cm³/mol. The number of carbonyl (C=O) groups is 1. The number of benzene rings is 1. The van der Waals surface area contributed by atoms with Crippen LogP contribution in [0.25, 0.3) is 11.3 Å². The van der Waals surface area contributed by atoms with E-state index < -0.39 is 0 Å². The molecule has 0 bridgehead atoms.